The molecule has 0 fully saturated rings. The Kier molecular flexibility index (Phi) is 4.96. The van der Waals surface area contributed by atoms with Crippen LogP contribution in [0.1, 0.15) is 36.7 Å². The van der Waals surface area contributed by atoms with Crippen LogP contribution >= 0.6 is 0 Å². The van der Waals surface area contributed by atoms with Crippen LogP contribution in [0, 0.1) is 0 Å². The van der Waals surface area contributed by atoms with E-state index >= 15 is 0 Å². The number of hydrogen-bond acceptors (Lipinski definition) is 3. The largest absolute Gasteiger partial charge is 0.322 e. The molecule has 150 valence electrons. The molecule has 30 heavy (non-hydrogen) atoms. The monoisotopic (exact) mass is 397 g/mol. The highest BCUT2D eigenvalue weighted by molar-refractivity contribution is 6.04. The van der Waals surface area contributed by atoms with Gasteiger partial charge in [0.05, 0.1) is 16.6 Å². The highest BCUT2D eigenvalue weighted by atomic mass is 16.1. The van der Waals surface area contributed by atoms with E-state index in [1.165, 1.54) is 16.5 Å². The summed E-state index contributed by atoms with van der Waals surface area (Å²) in [5, 5.41) is 3.47. The minimum Gasteiger partial charge on any atom is -0.322 e. The molecule has 4 aromatic rings. The summed E-state index contributed by atoms with van der Waals surface area (Å²) in [5.74, 6) is -0.200. The van der Waals surface area contributed by atoms with Gasteiger partial charge in [-0.2, -0.15) is 0 Å². The van der Waals surface area contributed by atoms with E-state index in [0.29, 0.717) is 22.2 Å². The van der Waals surface area contributed by atoms with Crippen molar-refractivity contribution in [3.8, 4) is 5.69 Å². The van der Waals surface area contributed by atoms with Gasteiger partial charge in [0.1, 0.15) is 6.33 Å². The summed E-state index contributed by atoms with van der Waals surface area (Å²) in [6, 6.07) is 22.0. The van der Waals surface area contributed by atoms with E-state index in [0.717, 1.165) is 5.69 Å². The Morgan fingerprint density at radius 2 is 1.57 bits per heavy atom. The number of carbonyl (C=O) groups excluding carboxylic acids is 1. The molecule has 4 rings (SSSR count). The van der Waals surface area contributed by atoms with Crippen molar-refractivity contribution < 1.29 is 4.79 Å². The number of anilines is 1. The number of nitrogens with zero attached hydrogens (tertiary/aromatic N) is 2. The number of para-hydroxylation sites is 1. The number of nitrogens with one attached hydrogen (secondary N) is 1. The van der Waals surface area contributed by atoms with Gasteiger partial charge in [-0.15, -0.1) is 0 Å². The highest BCUT2D eigenvalue weighted by Crippen LogP contribution is 2.23. The molecule has 0 bridgehead atoms. The van der Waals surface area contributed by atoms with E-state index in [-0.39, 0.29) is 16.9 Å². The first kappa shape index (κ1) is 19.6. The van der Waals surface area contributed by atoms with Crippen LogP contribution in [-0.2, 0) is 5.41 Å². The van der Waals surface area contributed by atoms with Crippen LogP contribution in [0.4, 0.5) is 5.69 Å². The van der Waals surface area contributed by atoms with Crippen LogP contribution in [0.15, 0.2) is 83.9 Å². The number of rotatable bonds is 3. The molecule has 1 heterocycles. The quantitative estimate of drug-likeness (QED) is 0.533. The van der Waals surface area contributed by atoms with E-state index in [2.05, 4.69) is 31.1 Å². The van der Waals surface area contributed by atoms with Gasteiger partial charge in [0.2, 0.25) is 0 Å². The normalized spacial score (nSPS) is 11.4. The number of hydrogen-bond donors (Lipinski definition) is 1. The van der Waals surface area contributed by atoms with Crippen molar-refractivity contribution in [3.05, 3.63) is 101 Å². The van der Waals surface area contributed by atoms with E-state index in [4.69, 9.17) is 0 Å². The second-order valence-electron chi connectivity index (χ2n) is 8.27. The summed E-state index contributed by atoms with van der Waals surface area (Å²) in [5.41, 5.74) is 3.70. The molecule has 0 spiro atoms. The van der Waals surface area contributed by atoms with Crippen molar-refractivity contribution in [2.75, 3.05) is 5.32 Å². The van der Waals surface area contributed by atoms with Crippen molar-refractivity contribution >= 4 is 22.5 Å². The van der Waals surface area contributed by atoms with Crippen LogP contribution in [0.25, 0.3) is 16.6 Å². The maximum absolute atomic E-state index is 12.7. The minimum atomic E-state index is -0.200. The number of aromatic nitrogens is 2. The molecule has 0 unspecified atom stereocenters. The molecule has 0 radical (unpaired) electrons. The predicted molar refractivity (Wildman–Crippen MR) is 120 cm³/mol. The van der Waals surface area contributed by atoms with E-state index < -0.39 is 0 Å². The van der Waals surface area contributed by atoms with Crippen molar-refractivity contribution in [3.63, 3.8) is 0 Å². The fourth-order valence-electron chi connectivity index (χ4n) is 3.28. The summed E-state index contributed by atoms with van der Waals surface area (Å²) in [4.78, 5) is 29.7. The zero-order valence-electron chi connectivity index (χ0n) is 17.2. The first-order valence-electron chi connectivity index (χ1n) is 9.82. The van der Waals surface area contributed by atoms with E-state index in [9.17, 15) is 9.59 Å². The first-order valence-corrected chi connectivity index (χ1v) is 9.82. The van der Waals surface area contributed by atoms with Crippen molar-refractivity contribution in [1.82, 2.24) is 9.55 Å². The zero-order valence-corrected chi connectivity index (χ0v) is 17.2. The second-order valence-corrected chi connectivity index (χ2v) is 8.27. The molecule has 5 nitrogen and oxygen atoms in total. The average molecular weight is 397 g/mol. The van der Waals surface area contributed by atoms with Crippen molar-refractivity contribution in [1.29, 1.82) is 0 Å². The fraction of sp³-hybridized carbons (Fsp3) is 0.160. The predicted octanol–water partition coefficient (Wildman–Crippen LogP) is 4.94. The fourth-order valence-corrected chi connectivity index (χ4v) is 3.28. The molecule has 0 atom stereocenters. The van der Waals surface area contributed by atoms with Crippen LogP contribution < -0.4 is 10.9 Å². The molecule has 3 aromatic carbocycles. The van der Waals surface area contributed by atoms with Gasteiger partial charge in [0, 0.05) is 11.3 Å². The Bertz CT molecular complexity index is 1270. The number of benzene rings is 3. The standard InChI is InChI=1S/C25H23N3O2/c1-25(2,3)18-10-12-19(13-11-18)27-23(29)17-8-14-20(15-9-17)28-16-26-22-7-5-4-6-21(22)24(28)30/h4-16H,1-3H3,(H,27,29). The Balaban J connectivity index is 1.54. The average Bonchev–Trinajstić information content (AvgIpc) is 2.74. The van der Waals surface area contributed by atoms with E-state index in [1.54, 1.807) is 30.3 Å². The lowest BCUT2D eigenvalue weighted by atomic mass is 9.87. The molecule has 5 heteroatoms. The first-order chi connectivity index (χ1) is 14.3. The Morgan fingerprint density at radius 1 is 0.900 bits per heavy atom. The van der Waals surface area contributed by atoms with Gasteiger partial charge in [-0.05, 0) is 59.5 Å². The van der Waals surface area contributed by atoms with Gasteiger partial charge in [0.15, 0.2) is 0 Å². The van der Waals surface area contributed by atoms with Crippen LogP contribution in [0.5, 0.6) is 0 Å². The number of carbonyl (C=O) groups is 1. The topological polar surface area (TPSA) is 64.0 Å². The Hall–Kier alpha value is -3.73. The SMILES string of the molecule is CC(C)(C)c1ccc(NC(=O)c2ccc(-n3cnc4ccccc4c3=O)cc2)cc1. The summed E-state index contributed by atoms with van der Waals surface area (Å²) in [6.07, 6.45) is 1.51. The Morgan fingerprint density at radius 3 is 2.23 bits per heavy atom. The molecule has 1 N–H and O–H groups in total. The van der Waals surface area contributed by atoms with Gasteiger partial charge in [-0.1, -0.05) is 45.0 Å². The maximum atomic E-state index is 12.7. The number of amides is 1. The lowest BCUT2D eigenvalue weighted by molar-refractivity contribution is 0.102. The lowest BCUT2D eigenvalue weighted by Crippen LogP contribution is -2.19. The van der Waals surface area contributed by atoms with Crippen molar-refractivity contribution in [2.24, 2.45) is 0 Å². The third-order valence-electron chi connectivity index (χ3n) is 5.08. The molecule has 0 aliphatic carbocycles. The second kappa shape index (κ2) is 7.59. The summed E-state index contributed by atoms with van der Waals surface area (Å²) < 4.78 is 1.48. The molecule has 0 aliphatic heterocycles. The third kappa shape index (κ3) is 3.87. The van der Waals surface area contributed by atoms with Crippen LogP contribution in [0.3, 0.4) is 0 Å². The molecular formula is C25H23N3O2. The van der Waals surface area contributed by atoms with Crippen LogP contribution in [0.2, 0.25) is 0 Å². The molecule has 0 aliphatic rings. The summed E-state index contributed by atoms with van der Waals surface area (Å²) >= 11 is 0. The van der Waals surface area contributed by atoms with Crippen LogP contribution in [-0.4, -0.2) is 15.5 Å². The van der Waals surface area contributed by atoms with Gasteiger partial charge in [-0.25, -0.2) is 4.98 Å². The molecule has 1 aromatic heterocycles. The lowest BCUT2D eigenvalue weighted by Gasteiger charge is -2.19. The maximum Gasteiger partial charge on any atom is 0.265 e. The van der Waals surface area contributed by atoms with Gasteiger partial charge in [-0.3, -0.25) is 14.2 Å². The molecule has 0 saturated carbocycles. The van der Waals surface area contributed by atoms with Gasteiger partial charge < -0.3 is 5.32 Å². The third-order valence-corrected chi connectivity index (χ3v) is 5.08. The smallest absolute Gasteiger partial charge is 0.265 e. The molecular weight excluding hydrogens is 374 g/mol. The minimum absolute atomic E-state index is 0.0636. The molecule has 1 amide bonds. The Labute approximate surface area is 175 Å². The van der Waals surface area contributed by atoms with Gasteiger partial charge >= 0.3 is 0 Å². The zero-order chi connectivity index (χ0) is 21.3. The van der Waals surface area contributed by atoms with Crippen molar-refractivity contribution in [2.45, 2.75) is 26.2 Å². The molecule has 0 saturated heterocycles. The summed E-state index contributed by atoms with van der Waals surface area (Å²) in [7, 11) is 0. The summed E-state index contributed by atoms with van der Waals surface area (Å²) in [6.45, 7) is 6.45. The van der Waals surface area contributed by atoms with E-state index in [1.807, 2.05) is 42.5 Å². The van der Waals surface area contributed by atoms with Gasteiger partial charge in [0.25, 0.3) is 11.5 Å². The highest BCUT2D eigenvalue weighted by Gasteiger charge is 2.14. The number of fused-ring (bicyclic) bond motifs is 1.